The largest absolute Gasteiger partial charge is 0.380 e. The Morgan fingerprint density at radius 3 is 2.86 bits per heavy atom. The van der Waals surface area contributed by atoms with Crippen LogP contribution in [0.25, 0.3) is 0 Å². The van der Waals surface area contributed by atoms with Gasteiger partial charge in [0.15, 0.2) is 0 Å². The molecule has 0 bridgehead atoms. The van der Waals surface area contributed by atoms with Gasteiger partial charge in [-0.3, -0.25) is 4.90 Å². The van der Waals surface area contributed by atoms with Crippen molar-refractivity contribution in [1.82, 2.24) is 14.9 Å². The highest BCUT2D eigenvalue weighted by Crippen LogP contribution is 2.15. The van der Waals surface area contributed by atoms with Crippen LogP contribution >= 0.6 is 0 Å². The summed E-state index contributed by atoms with van der Waals surface area (Å²) in [5.74, 6) is 0.489. The number of hydrogen-bond acceptors (Lipinski definition) is 4. The molecule has 3 rings (SSSR count). The summed E-state index contributed by atoms with van der Waals surface area (Å²) in [6.45, 7) is 6.79. The Balaban J connectivity index is 1.61. The molecule has 1 aromatic heterocycles. The van der Waals surface area contributed by atoms with Gasteiger partial charge in [0.25, 0.3) is 0 Å². The fourth-order valence-electron chi connectivity index (χ4n) is 2.91. The first-order chi connectivity index (χ1) is 10.8. The Hall–Kier alpha value is -1.78. The molecule has 1 unspecified atom stereocenters. The average Bonchev–Trinajstić information content (AvgIpc) is 2.76. The third-order valence-corrected chi connectivity index (χ3v) is 4.09. The van der Waals surface area contributed by atoms with E-state index in [1.54, 1.807) is 6.33 Å². The Morgan fingerprint density at radius 1 is 1.23 bits per heavy atom. The summed E-state index contributed by atoms with van der Waals surface area (Å²) in [6.07, 6.45) is 4.38. The van der Waals surface area contributed by atoms with Crippen molar-refractivity contribution >= 4 is 0 Å². The first-order valence-electron chi connectivity index (χ1n) is 7.90. The molecule has 22 heavy (non-hydrogen) atoms. The molecule has 1 aromatic carbocycles. The number of aromatic nitrogens is 2. The first-order valence-corrected chi connectivity index (χ1v) is 7.90. The van der Waals surface area contributed by atoms with Crippen molar-refractivity contribution in [2.75, 3.05) is 26.3 Å². The standard InChI is InChI=1S/C18H23N3O/c1-15-2-4-16(5-3-15)11-21-8-9-22-13-17(12-21)10-18-6-7-19-14-20-18/h2-7,14,17H,8-13H2,1H3. The molecule has 1 fully saturated rings. The normalized spacial score (nSPS) is 19.8. The molecule has 1 aliphatic heterocycles. The van der Waals surface area contributed by atoms with Gasteiger partial charge in [0.05, 0.1) is 13.2 Å². The lowest BCUT2D eigenvalue weighted by Crippen LogP contribution is -2.30. The summed E-state index contributed by atoms with van der Waals surface area (Å²) >= 11 is 0. The van der Waals surface area contributed by atoms with E-state index < -0.39 is 0 Å². The van der Waals surface area contributed by atoms with Gasteiger partial charge in [-0.2, -0.15) is 0 Å². The fraction of sp³-hybridized carbons (Fsp3) is 0.444. The van der Waals surface area contributed by atoms with Crippen LogP contribution in [0.1, 0.15) is 16.8 Å². The Bertz CT molecular complexity index is 571. The van der Waals surface area contributed by atoms with Crippen LogP contribution in [0, 0.1) is 12.8 Å². The van der Waals surface area contributed by atoms with Crippen molar-refractivity contribution in [2.24, 2.45) is 5.92 Å². The second kappa shape index (κ2) is 7.47. The molecule has 116 valence electrons. The molecule has 2 aromatic rings. The summed E-state index contributed by atoms with van der Waals surface area (Å²) in [5, 5.41) is 0. The van der Waals surface area contributed by atoms with E-state index in [0.717, 1.165) is 45.0 Å². The monoisotopic (exact) mass is 297 g/mol. The molecule has 0 radical (unpaired) electrons. The molecular weight excluding hydrogens is 274 g/mol. The van der Waals surface area contributed by atoms with Crippen LogP contribution in [-0.2, 0) is 17.7 Å². The van der Waals surface area contributed by atoms with Crippen molar-refractivity contribution in [1.29, 1.82) is 0 Å². The molecule has 1 saturated heterocycles. The zero-order valence-electron chi connectivity index (χ0n) is 13.1. The van der Waals surface area contributed by atoms with Gasteiger partial charge in [-0.25, -0.2) is 9.97 Å². The predicted octanol–water partition coefficient (Wildman–Crippen LogP) is 2.48. The number of hydrogen-bond donors (Lipinski definition) is 0. The van der Waals surface area contributed by atoms with Gasteiger partial charge in [-0.05, 0) is 25.0 Å². The van der Waals surface area contributed by atoms with Crippen LogP contribution in [0.2, 0.25) is 0 Å². The number of rotatable bonds is 4. The van der Waals surface area contributed by atoms with Crippen LogP contribution in [0.4, 0.5) is 0 Å². The van der Waals surface area contributed by atoms with E-state index in [4.69, 9.17) is 4.74 Å². The third kappa shape index (κ3) is 4.36. The second-order valence-corrected chi connectivity index (χ2v) is 6.07. The van der Waals surface area contributed by atoms with Crippen LogP contribution < -0.4 is 0 Å². The van der Waals surface area contributed by atoms with E-state index in [-0.39, 0.29) is 0 Å². The van der Waals surface area contributed by atoms with E-state index >= 15 is 0 Å². The second-order valence-electron chi connectivity index (χ2n) is 6.07. The molecule has 1 atom stereocenters. The van der Waals surface area contributed by atoms with Crippen molar-refractivity contribution in [3.63, 3.8) is 0 Å². The first kappa shape index (κ1) is 15.1. The maximum absolute atomic E-state index is 5.78. The molecule has 0 aliphatic carbocycles. The smallest absolute Gasteiger partial charge is 0.115 e. The van der Waals surface area contributed by atoms with E-state index in [1.807, 2.05) is 12.3 Å². The molecular formula is C18H23N3O. The number of benzene rings is 1. The number of ether oxygens (including phenoxy) is 1. The summed E-state index contributed by atoms with van der Waals surface area (Å²) in [7, 11) is 0. The topological polar surface area (TPSA) is 38.2 Å². The predicted molar refractivity (Wildman–Crippen MR) is 86.5 cm³/mol. The van der Waals surface area contributed by atoms with Gasteiger partial charge < -0.3 is 4.74 Å². The molecule has 0 amide bonds. The fourth-order valence-corrected chi connectivity index (χ4v) is 2.91. The average molecular weight is 297 g/mol. The summed E-state index contributed by atoms with van der Waals surface area (Å²) in [4.78, 5) is 10.8. The van der Waals surface area contributed by atoms with Crippen molar-refractivity contribution in [3.8, 4) is 0 Å². The lowest BCUT2D eigenvalue weighted by atomic mass is 10.0. The number of nitrogens with zero attached hydrogens (tertiary/aromatic N) is 3. The van der Waals surface area contributed by atoms with Gasteiger partial charge >= 0.3 is 0 Å². The highest BCUT2D eigenvalue weighted by molar-refractivity contribution is 5.21. The zero-order valence-corrected chi connectivity index (χ0v) is 13.1. The minimum Gasteiger partial charge on any atom is -0.380 e. The van der Waals surface area contributed by atoms with Crippen LogP contribution in [0.15, 0.2) is 42.9 Å². The van der Waals surface area contributed by atoms with Gasteiger partial charge in [0.1, 0.15) is 6.33 Å². The minimum atomic E-state index is 0.489. The van der Waals surface area contributed by atoms with Gasteiger partial charge in [0, 0.05) is 37.4 Å². The third-order valence-electron chi connectivity index (χ3n) is 4.09. The van der Waals surface area contributed by atoms with E-state index in [2.05, 4.69) is 46.1 Å². The Labute approximate surface area is 132 Å². The minimum absolute atomic E-state index is 0.489. The molecule has 2 heterocycles. The SMILES string of the molecule is Cc1ccc(CN2CCOCC(Cc3ccncn3)C2)cc1. The zero-order chi connectivity index (χ0) is 15.2. The van der Waals surface area contributed by atoms with Gasteiger partial charge in [-0.15, -0.1) is 0 Å². The van der Waals surface area contributed by atoms with E-state index in [9.17, 15) is 0 Å². The summed E-state index contributed by atoms with van der Waals surface area (Å²) in [5.41, 5.74) is 3.78. The molecule has 0 spiro atoms. The van der Waals surface area contributed by atoms with E-state index in [0.29, 0.717) is 5.92 Å². The lowest BCUT2D eigenvalue weighted by molar-refractivity contribution is 0.121. The highest BCUT2D eigenvalue weighted by atomic mass is 16.5. The lowest BCUT2D eigenvalue weighted by Gasteiger charge is -2.23. The quantitative estimate of drug-likeness (QED) is 0.869. The molecule has 0 saturated carbocycles. The molecule has 4 nitrogen and oxygen atoms in total. The van der Waals surface area contributed by atoms with Crippen molar-refractivity contribution in [3.05, 3.63) is 59.7 Å². The van der Waals surface area contributed by atoms with Crippen molar-refractivity contribution in [2.45, 2.75) is 19.9 Å². The highest BCUT2D eigenvalue weighted by Gasteiger charge is 2.19. The summed E-state index contributed by atoms with van der Waals surface area (Å²) in [6, 6.07) is 10.8. The van der Waals surface area contributed by atoms with E-state index in [1.165, 1.54) is 11.1 Å². The molecule has 0 N–H and O–H groups in total. The van der Waals surface area contributed by atoms with Crippen LogP contribution in [0.5, 0.6) is 0 Å². The van der Waals surface area contributed by atoms with Crippen LogP contribution in [0.3, 0.4) is 0 Å². The number of aryl methyl sites for hydroxylation is 1. The van der Waals surface area contributed by atoms with Crippen molar-refractivity contribution < 1.29 is 4.74 Å². The van der Waals surface area contributed by atoms with Gasteiger partial charge in [-0.1, -0.05) is 29.8 Å². The Morgan fingerprint density at radius 2 is 2.09 bits per heavy atom. The molecule has 4 heteroatoms. The molecule has 1 aliphatic rings. The maximum Gasteiger partial charge on any atom is 0.115 e. The van der Waals surface area contributed by atoms with Crippen LogP contribution in [-0.4, -0.2) is 41.2 Å². The van der Waals surface area contributed by atoms with Gasteiger partial charge in [0.2, 0.25) is 0 Å². The Kier molecular flexibility index (Phi) is 5.14. The summed E-state index contributed by atoms with van der Waals surface area (Å²) < 4.78 is 5.78. The maximum atomic E-state index is 5.78.